The number of rotatable bonds is 5. The number of phenols is 1. The molecule has 1 aliphatic rings. The fraction of sp³-hybridized carbons (Fsp3) is 0.167. The van der Waals surface area contributed by atoms with Gasteiger partial charge in [0.05, 0.1) is 11.4 Å². The van der Waals surface area contributed by atoms with Crippen LogP contribution in [0.1, 0.15) is 33.4 Å². The van der Waals surface area contributed by atoms with Crippen LogP contribution in [-0.4, -0.2) is 11.8 Å². The van der Waals surface area contributed by atoms with Gasteiger partial charge in [-0.3, -0.25) is 4.99 Å². The number of benzene rings is 3. The molecule has 0 radical (unpaired) electrons. The molecule has 0 spiro atoms. The Hall–Kier alpha value is -3.85. The smallest absolute Gasteiger partial charge is 0.126 e. The molecule has 1 aliphatic heterocycles. The Morgan fingerprint density at radius 1 is 0.909 bits per heavy atom. The van der Waals surface area contributed by atoms with Crippen molar-refractivity contribution in [1.82, 2.24) is 0 Å². The highest BCUT2D eigenvalue weighted by molar-refractivity contribution is 5.90. The first kappa shape index (κ1) is 22.3. The van der Waals surface area contributed by atoms with Gasteiger partial charge in [0.2, 0.25) is 0 Å². The van der Waals surface area contributed by atoms with Crippen LogP contribution in [0.2, 0.25) is 0 Å². The van der Waals surface area contributed by atoms with Crippen molar-refractivity contribution >= 4 is 23.7 Å². The molecule has 3 nitrogen and oxygen atoms in total. The van der Waals surface area contributed by atoms with Crippen molar-refractivity contribution < 1.29 is 5.11 Å². The van der Waals surface area contributed by atoms with Gasteiger partial charge in [-0.05, 0) is 97.6 Å². The fourth-order valence-corrected chi connectivity index (χ4v) is 4.78. The van der Waals surface area contributed by atoms with Crippen molar-refractivity contribution in [2.75, 3.05) is 4.90 Å². The van der Waals surface area contributed by atoms with Gasteiger partial charge in [-0.25, -0.2) is 0 Å². The van der Waals surface area contributed by atoms with Crippen LogP contribution in [0.3, 0.4) is 0 Å². The van der Waals surface area contributed by atoms with Crippen LogP contribution >= 0.6 is 0 Å². The van der Waals surface area contributed by atoms with Crippen LogP contribution < -0.4 is 4.90 Å². The predicted molar refractivity (Wildman–Crippen MR) is 142 cm³/mol. The molecule has 1 heterocycles. The van der Waals surface area contributed by atoms with Crippen LogP contribution in [0.5, 0.6) is 5.75 Å². The average molecular weight is 435 g/mol. The van der Waals surface area contributed by atoms with Crippen molar-refractivity contribution in [1.29, 1.82) is 0 Å². The summed E-state index contributed by atoms with van der Waals surface area (Å²) in [5, 5.41) is 11.0. The van der Waals surface area contributed by atoms with Crippen molar-refractivity contribution in [3.8, 4) is 16.9 Å². The normalized spacial score (nSPS) is 13.0. The van der Waals surface area contributed by atoms with Gasteiger partial charge in [0.15, 0.2) is 0 Å². The number of allylic oxidation sites excluding steroid dienone is 3. The Balaban J connectivity index is 1.94. The van der Waals surface area contributed by atoms with E-state index >= 15 is 0 Å². The topological polar surface area (TPSA) is 35.8 Å². The summed E-state index contributed by atoms with van der Waals surface area (Å²) in [6, 6.07) is 14.4. The van der Waals surface area contributed by atoms with Gasteiger partial charge >= 0.3 is 0 Å². The van der Waals surface area contributed by atoms with Crippen LogP contribution in [0.15, 0.2) is 78.5 Å². The maximum Gasteiger partial charge on any atom is 0.126 e. The number of anilines is 1. The standard InChI is InChI=1S/C30H30N2O/c1-8-24-25-16-22(29-20(5)18(3)19(4)21(6)30(29)33)14-15-23(25)17-32(27(24)9-2)28-13-11-10-12-26(28)31-7/h8-16,33H,1-2,7,17H2,3-6H3. The van der Waals surface area contributed by atoms with E-state index in [9.17, 15) is 5.11 Å². The number of fused-ring (bicyclic) bond motifs is 1. The van der Waals surface area contributed by atoms with Crippen molar-refractivity contribution in [3.63, 3.8) is 0 Å². The fourth-order valence-electron chi connectivity index (χ4n) is 4.78. The number of aromatic hydroxyl groups is 1. The Kier molecular flexibility index (Phi) is 5.82. The lowest BCUT2D eigenvalue weighted by atomic mass is 9.86. The van der Waals surface area contributed by atoms with Gasteiger partial charge in [-0.1, -0.05) is 43.5 Å². The maximum atomic E-state index is 11.0. The summed E-state index contributed by atoms with van der Waals surface area (Å²) in [5.74, 6) is 0.354. The van der Waals surface area contributed by atoms with Crippen LogP contribution in [-0.2, 0) is 6.54 Å². The summed E-state index contributed by atoms with van der Waals surface area (Å²) in [5.41, 5.74) is 12.3. The van der Waals surface area contributed by atoms with Gasteiger partial charge in [0, 0.05) is 23.4 Å². The molecule has 3 heteroatoms. The van der Waals surface area contributed by atoms with E-state index in [0.717, 1.165) is 56.0 Å². The lowest BCUT2D eigenvalue weighted by molar-refractivity contribution is 0.472. The highest BCUT2D eigenvalue weighted by atomic mass is 16.3. The Bertz CT molecular complexity index is 1310. The summed E-state index contributed by atoms with van der Waals surface area (Å²) in [7, 11) is 0. The molecule has 166 valence electrons. The van der Waals surface area contributed by atoms with Crippen molar-refractivity contribution in [3.05, 3.63) is 107 Å². The summed E-state index contributed by atoms with van der Waals surface area (Å²) in [4.78, 5) is 6.42. The van der Waals surface area contributed by atoms with Gasteiger partial charge < -0.3 is 10.0 Å². The number of phenolic OH excluding ortho intramolecular Hbond substituents is 1. The third kappa shape index (κ3) is 3.50. The first-order valence-corrected chi connectivity index (χ1v) is 11.1. The molecule has 0 saturated carbocycles. The molecule has 0 aliphatic carbocycles. The molecule has 0 bridgehead atoms. The molecular weight excluding hydrogens is 404 g/mol. The lowest BCUT2D eigenvalue weighted by Crippen LogP contribution is -2.26. The molecule has 3 aromatic carbocycles. The number of hydrogen-bond donors (Lipinski definition) is 1. The summed E-state index contributed by atoms with van der Waals surface area (Å²) < 4.78 is 0. The third-order valence-electron chi connectivity index (χ3n) is 6.98. The van der Waals surface area contributed by atoms with Gasteiger partial charge in [-0.2, -0.15) is 0 Å². The average Bonchev–Trinajstić information content (AvgIpc) is 2.85. The second kappa shape index (κ2) is 8.59. The van der Waals surface area contributed by atoms with E-state index in [-0.39, 0.29) is 0 Å². The van der Waals surface area contributed by atoms with Crippen LogP contribution in [0.25, 0.3) is 16.7 Å². The van der Waals surface area contributed by atoms with E-state index in [1.54, 1.807) is 0 Å². The van der Waals surface area contributed by atoms with Gasteiger partial charge in [0.1, 0.15) is 5.75 Å². The molecule has 3 aromatic rings. The second-order valence-electron chi connectivity index (χ2n) is 8.54. The SMILES string of the molecule is C=CC1=C(C=C)N(c2ccccc2N=C)Cc2ccc(-c3c(C)c(C)c(C)c(C)c3O)cc21. The number of nitrogens with zero attached hydrogens (tertiary/aromatic N) is 2. The molecular formula is C30H30N2O. The Labute approximate surface area is 196 Å². The van der Waals surface area contributed by atoms with Crippen molar-refractivity contribution in [2.45, 2.75) is 34.2 Å². The second-order valence-corrected chi connectivity index (χ2v) is 8.54. The van der Waals surface area contributed by atoms with Crippen molar-refractivity contribution in [2.24, 2.45) is 4.99 Å². The van der Waals surface area contributed by atoms with Crippen LogP contribution in [0.4, 0.5) is 11.4 Å². The molecule has 33 heavy (non-hydrogen) atoms. The van der Waals surface area contributed by atoms with E-state index in [4.69, 9.17) is 0 Å². The molecule has 0 fully saturated rings. The molecule has 0 unspecified atom stereocenters. The molecule has 0 aromatic heterocycles. The first-order valence-electron chi connectivity index (χ1n) is 11.1. The molecule has 0 saturated heterocycles. The van der Waals surface area contributed by atoms with E-state index in [0.29, 0.717) is 12.3 Å². The minimum Gasteiger partial charge on any atom is -0.507 e. The van der Waals surface area contributed by atoms with E-state index in [1.807, 2.05) is 43.3 Å². The predicted octanol–water partition coefficient (Wildman–Crippen LogP) is 7.73. The quantitative estimate of drug-likeness (QED) is 0.417. The first-order chi connectivity index (χ1) is 15.8. The lowest BCUT2D eigenvalue weighted by Gasteiger charge is -2.34. The van der Waals surface area contributed by atoms with Crippen LogP contribution in [0, 0.1) is 27.7 Å². The Morgan fingerprint density at radius 3 is 2.27 bits per heavy atom. The summed E-state index contributed by atoms with van der Waals surface area (Å²) >= 11 is 0. The molecule has 1 N–H and O–H groups in total. The molecule has 4 rings (SSSR count). The zero-order chi connectivity index (χ0) is 23.9. The highest BCUT2D eigenvalue weighted by Crippen LogP contribution is 2.44. The highest BCUT2D eigenvalue weighted by Gasteiger charge is 2.25. The molecule has 0 amide bonds. The van der Waals surface area contributed by atoms with E-state index < -0.39 is 0 Å². The zero-order valence-electron chi connectivity index (χ0n) is 19.9. The van der Waals surface area contributed by atoms with Gasteiger partial charge in [-0.15, -0.1) is 0 Å². The third-order valence-corrected chi connectivity index (χ3v) is 6.98. The minimum atomic E-state index is 0.354. The summed E-state index contributed by atoms with van der Waals surface area (Å²) in [6.45, 7) is 20.9. The molecule has 0 atom stereocenters. The maximum absolute atomic E-state index is 11.0. The number of hydrogen-bond acceptors (Lipinski definition) is 3. The minimum absolute atomic E-state index is 0.354. The van der Waals surface area contributed by atoms with E-state index in [1.165, 1.54) is 11.1 Å². The van der Waals surface area contributed by atoms with E-state index in [2.05, 4.69) is 68.7 Å². The Morgan fingerprint density at radius 2 is 1.61 bits per heavy atom. The monoisotopic (exact) mass is 434 g/mol. The largest absolute Gasteiger partial charge is 0.507 e. The number of aliphatic imine (C=N–C) groups is 1. The number of para-hydroxylation sites is 2. The summed E-state index contributed by atoms with van der Waals surface area (Å²) in [6.07, 6.45) is 3.75. The van der Waals surface area contributed by atoms with Gasteiger partial charge in [0.25, 0.3) is 0 Å². The zero-order valence-corrected chi connectivity index (χ0v) is 19.9.